The number of carbonyl (C=O) groups is 1. The molecule has 1 atom stereocenters. The van der Waals surface area contributed by atoms with E-state index in [0.29, 0.717) is 32.0 Å². The average Bonchev–Trinajstić information content (AvgIpc) is 2.35. The van der Waals surface area contributed by atoms with Crippen molar-refractivity contribution in [2.45, 2.75) is 46.1 Å². The first-order valence-electron chi connectivity index (χ1n) is 6.35. The molecule has 1 amide bonds. The van der Waals surface area contributed by atoms with Crippen molar-refractivity contribution in [1.29, 1.82) is 5.26 Å². The Bertz CT molecular complexity index is 301. The van der Waals surface area contributed by atoms with Crippen LogP contribution >= 0.6 is 0 Å². The fraction of sp³-hybridized carbons (Fsp3) is 0.846. The van der Waals surface area contributed by atoms with Crippen molar-refractivity contribution >= 4 is 5.91 Å². The van der Waals surface area contributed by atoms with Gasteiger partial charge in [0.05, 0.1) is 6.07 Å². The van der Waals surface area contributed by atoms with Crippen LogP contribution in [0.15, 0.2) is 0 Å². The monoisotopic (exact) mass is 238 g/mol. The molecule has 1 heterocycles. The summed E-state index contributed by atoms with van der Waals surface area (Å²) in [6.07, 6.45) is 1.90. The summed E-state index contributed by atoms with van der Waals surface area (Å²) >= 11 is 0. The Morgan fingerprint density at radius 2 is 2.06 bits per heavy atom. The second-order valence-corrected chi connectivity index (χ2v) is 5.04. The number of nitrogens with one attached hydrogen (secondary N) is 1. The normalized spacial score (nSPS) is 20.6. The van der Waals surface area contributed by atoms with E-state index in [1.54, 1.807) is 0 Å². The maximum atomic E-state index is 12.2. The van der Waals surface area contributed by atoms with Gasteiger partial charge in [-0.3, -0.25) is 4.79 Å². The molecule has 1 aliphatic rings. The molecule has 0 aromatic carbocycles. The van der Waals surface area contributed by atoms with E-state index in [1.807, 2.05) is 6.92 Å². The van der Waals surface area contributed by atoms with Crippen molar-refractivity contribution in [3.8, 4) is 6.07 Å². The van der Waals surface area contributed by atoms with E-state index in [-0.39, 0.29) is 11.9 Å². The van der Waals surface area contributed by atoms with Gasteiger partial charge in [-0.25, -0.2) is 0 Å². The molecule has 0 saturated carbocycles. The summed E-state index contributed by atoms with van der Waals surface area (Å²) < 4.78 is 5.22. The van der Waals surface area contributed by atoms with Crippen molar-refractivity contribution in [2.24, 2.45) is 11.3 Å². The zero-order valence-corrected chi connectivity index (χ0v) is 11.0. The standard InChI is InChI=1S/C13H22N2O2/c1-4-11(10(2)3)15-12(16)13(9-14)5-7-17-8-6-13/h10-11H,4-8H2,1-3H3,(H,15,16). The van der Waals surface area contributed by atoms with Crippen LogP contribution < -0.4 is 5.32 Å². The van der Waals surface area contributed by atoms with Gasteiger partial charge >= 0.3 is 0 Å². The molecule has 1 aliphatic heterocycles. The summed E-state index contributed by atoms with van der Waals surface area (Å²) in [6.45, 7) is 7.21. The van der Waals surface area contributed by atoms with Gasteiger partial charge in [0.25, 0.3) is 0 Å². The molecular weight excluding hydrogens is 216 g/mol. The maximum absolute atomic E-state index is 12.2. The molecule has 4 heteroatoms. The minimum Gasteiger partial charge on any atom is -0.381 e. The van der Waals surface area contributed by atoms with Crippen LogP contribution in [0.25, 0.3) is 0 Å². The van der Waals surface area contributed by atoms with Gasteiger partial charge in [0.2, 0.25) is 5.91 Å². The summed E-state index contributed by atoms with van der Waals surface area (Å²) in [5.41, 5.74) is -0.874. The van der Waals surface area contributed by atoms with Crippen LogP contribution in [-0.4, -0.2) is 25.2 Å². The smallest absolute Gasteiger partial charge is 0.240 e. The summed E-state index contributed by atoms with van der Waals surface area (Å²) in [5.74, 6) is 0.267. The molecule has 1 unspecified atom stereocenters. The van der Waals surface area contributed by atoms with Crippen molar-refractivity contribution in [1.82, 2.24) is 5.32 Å². The molecule has 0 spiro atoms. The molecule has 1 fully saturated rings. The average molecular weight is 238 g/mol. The van der Waals surface area contributed by atoms with Gasteiger partial charge in [-0.2, -0.15) is 5.26 Å². The summed E-state index contributed by atoms with van der Waals surface area (Å²) in [7, 11) is 0. The second kappa shape index (κ2) is 6.02. The summed E-state index contributed by atoms with van der Waals surface area (Å²) in [6, 6.07) is 2.34. The molecule has 4 nitrogen and oxygen atoms in total. The van der Waals surface area contributed by atoms with Crippen molar-refractivity contribution in [3.63, 3.8) is 0 Å². The number of amides is 1. The lowest BCUT2D eigenvalue weighted by Gasteiger charge is -2.32. The van der Waals surface area contributed by atoms with Crippen LogP contribution in [0.3, 0.4) is 0 Å². The van der Waals surface area contributed by atoms with Gasteiger partial charge in [-0.1, -0.05) is 20.8 Å². The van der Waals surface area contributed by atoms with Crippen LogP contribution in [0.1, 0.15) is 40.0 Å². The highest BCUT2D eigenvalue weighted by Gasteiger charge is 2.41. The molecule has 0 aromatic heterocycles. The lowest BCUT2D eigenvalue weighted by Crippen LogP contribution is -2.48. The highest BCUT2D eigenvalue weighted by molar-refractivity contribution is 5.85. The van der Waals surface area contributed by atoms with Crippen molar-refractivity contribution < 1.29 is 9.53 Å². The molecule has 1 rings (SSSR count). The maximum Gasteiger partial charge on any atom is 0.240 e. The SMILES string of the molecule is CCC(NC(=O)C1(C#N)CCOCC1)C(C)C. The van der Waals surface area contributed by atoms with Gasteiger partial charge in [0.15, 0.2) is 0 Å². The number of nitriles is 1. The van der Waals surface area contributed by atoms with Crippen LogP contribution in [0, 0.1) is 22.7 Å². The Balaban J connectivity index is 2.70. The molecule has 1 N–H and O–H groups in total. The third-order valence-electron chi connectivity index (χ3n) is 3.56. The van der Waals surface area contributed by atoms with E-state index in [0.717, 1.165) is 6.42 Å². The number of carbonyl (C=O) groups excluding carboxylic acids is 1. The number of hydrogen-bond acceptors (Lipinski definition) is 3. The van der Waals surface area contributed by atoms with Crippen molar-refractivity contribution in [3.05, 3.63) is 0 Å². The van der Waals surface area contributed by atoms with Crippen molar-refractivity contribution in [2.75, 3.05) is 13.2 Å². The number of nitrogens with zero attached hydrogens (tertiary/aromatic N) is 1. The topological polar surface area (TPSA) is 62.1 Å². The number of rotatable bonds is 4. The minimum absolute atomic E-state index is 0.121. The zero-order valence-electron chi connectivity index (χ0n) is 11.0. The number of ether oxygens (including phenoxy) is 1. The fourth-order valence-corrected chi connectivity index (χ4v) is 2.16. The van der Waals surface area contributed by atoms with Crippen LogP contribution in [0.2, 0.25) is 0 Å². The first-order chi connectivity index (χ1) is 8.05. The fourth-order valence-electron chi connectivity index (χ4n) is 2.16. The first-order valence-corrected chi connectivity index (χ1v) is 6.35. The highest BCUT2D eigenvalue weighted by atomic mass is 16.5. The Kier molecular flexibility index (Phi) is 4.95. The molecule has 0 bridgehead atoms. The van der Waals surface area contributed by atoms with E-state index in [1.165, 1.54) is 0 Å². The molecule has 0 radical (unpaired) electrons. The molecule has 0 aromatic rings. The Morgan fingerprint density at radius 1 is 1.47 bits per heavy atom. The Morgan fingerprint density at radius 3 is 2.47 bits per heavy atom. The van der Waals surface area contributed by atoms with E-state index in [2.05, 4.69) is 25.2 Å². The predicted molar refractivity (Wildman–Crippen MR) is 65.2 cm³/mol. The molecule has 96 valence electrons. The minimum atomic E-state index is -0.874. The highest BCUT2D eigenvalue weighted by Crippen LogP contribution is 2.30. The molecule has 1 saturated heterocycles. The predicted octanol–water partition coefficient (Wildman–Crippen LogP) is 1.86. The van der Waals surface area contributed by atoms with Crippen LogP contribution in [0.5, 0.6) is 0 Å². The van der Waals surface area contributed by atoms with Crippen LogP contribution in [-0.2, 0) is 9.53 Å². The molecule has 0 aliphatic carbocycles. The van der Waals surface area contributed by atoms with E-state index in [4.69, 9.17) is 4.74 Å². The third-order valence-corrected chi connectivity index (χ3v) is 3.56. The Labute approximate surface area is 103 Å². The quantitative estimate of drug-likeness (QED) is 0.813. The van der Waals surface area contributed by atoms with E-state index >= 15 is 0 Å². The van der Waals surface area contributed by atoms with Gasteiger partial charge in [-0.05, 0) is 25.2 Å². The molecule has 17 heavy (non-hydrogen) atoms. The van der Waals surface area contributed by atoms with Crippen LogP contribution in [0.4, 0.5) is 0 Å². The largest absolute Gasteiger partial charge is 0.381 e. The number of hydrogen-bond donors (Lipinski definition) is 1. The van der Waals surface area contributed by atoms with E-state index in [9.17, 15) is 10.1 Å². The Hall–Kier alpha value is -1.08. The summed E-state index contributed by atoms with van der Waals surface area (Å²) in [5, 5.41) is 12.3. The van der Waals surface area contributed by atoms with Gasteiger partial charge < -0.3 is 10.1 Å². The van der Waals surface area contributed by atoms with E-state index < -0.39 is 5.41 Å². The zero-order chi connectivity index (χ0) is 12.9. The summed E-state index contributed by atoms with van der Waals surface area (Å²) in [4.78, 5) is 12.2. The molecular formula is C13H22N2O2. The van der Waals surface area contributed by atoms with Gasteiger partial charge in [-0.15, -0.1) is 0 Å². The lowest BCUT2D eigenvalue weighted by atomic mass is 9.80. The van der Waals surface area contributed by atoms with Gasteiger partial charge in [0, 0.05) is 19.3 Å². The van der Waals surface area contributed by atoms with Gasteiger partial charge in [0.1, 0.15) is 5.41 Å². The second-order valence-electron chi connectivity index (χ2n) is 5.04. The third kappa shape index (κ3) is 3.19. The lowest BCUT2D eigenvalue weighted by molar-refractivity contribution is -0.133. The first kappa shape index (κ1) is 14.0.